The first kappa shape index (κ1) is 19.4. The van der Waals surface area contributed by atoms with Gasteiger partial charge in [-0.25, -0.2) is 4.90 Å². The molecule has 0 aromatic heterocycles. The van der Waals surface area contributed by atoms with Gasteiger partial charge in [0.15, 0.2) is 0 Å². The quantitative estimate of drug-likeness (QED) is 0.656. The summed E-state index contributed by atoms with van der Waals surface area (Å²) >= 11 is 0. The second-order valence-corrected chi connectivity index (χ2v) is 9.30. The molecule has 1 unspecified atom stereocenters. The maximum absolute atomic E-state index is 13.9. The molecule has 3 saturated heterocycles. The molecule has 2 amide bonds. The van der Waals surface area contributed by atoms with Crippen molar-refractivity contribution in [3.05, 3.63) is 102 Å². The van der Waals surface area contributed by atoms with Crippen LogP contribution in [0.4, 0.5) is 5.69 Å². The van der Waals surface area contributed by atoms with Crippen molar-refractivity contribution in [2.75, 3.05) is 11.4 Å². The summed E-state index contributed by atoms with van der Waals surface area (Å²) in [5, 5.41) is 0. The monoisotopic (exact) mass is 423 g/mol. The minimum Gasteiger partial charge on any atom is -0.328 e. The van der Waals surface area contributed by atoms with Crippen LogP contribution in [0.2, 0.25) is 0 Å². The van der Waals surface area contributed by atoms with Gasteiger partial charge in [0.1, 0.15) is 23.9 Å². The molecule has 32 heavy (non-hydrogen) atoms. The average molecular weight is 424 g/mol. The van der Waals surface area contributed by atoms with Crippen molar-refractivity contribution in [2.24, 2.45) is 11.8 Å². The Kier molecular flexibility index (Phi) is 4.69. The number of hydrogen-bond acceptors (Lipinski definition) is 2. The Morgan fingerprint density at radius 1 is 0.719 bits per heavy atom. The smallest absolute Gasteiger partial charge is 0.243 e. The fraction of sp³-hybridized carbons (Fsp3) is 0.286. The van der Waals surface area contributed by atoms with E-state index in [4.69, 9.17) is 0 Å². The summed E-state index contributed by atoms with van der Waals surface area (Å²) in [7, 11) is 0. The van der Waals surface area contributed by atoms with Gasteiger partial charge in [0.2, 0.25) is 11.8 Å². The number of carbonyl (C=O) groups excluding carboxylic acids is 2. The normalized spacial score (nSPS) is 28.9. The second-order valence-electron chi connectivity index (χ2n) is 9.30. The average Bonchev–Trinajstić information content (AvgIpc) is 3.49. The van der Waals surface area contributed by atoms with E-state index in [0.717, 1.165) is 19.4 Å². The Morgan fingerprint density at radius 3 is 1.84 bits per heavy atom. The van der Waals surface area contributed by atoms with Gasteiger partial charge in [0, 0.05) is 12.8 Å². The number of hydrogen-bond donors (Lipinski definition) is 1. The minimum atomic E-state index is -0.284. The molecule has 0 saturated carbocycles. The van der Waals surface area contributed by atoms with Crippen LogP contribution >= 0.6 is 0 Å². The maximum atomic E-state index is 13.9. The Morgan fingerprint density at radius 2 is 1.25 bits per heavy atom. The molecule has 0 aliphatic carbocycles. The van der Waals surface area contributed by atoms with E-state index in [2.05, 4.69) is 48.5 Å². The molecular weight excluding hydrogens is 396 g/mol. The minimum absolute atomic E-state index is 0.00188. The zero-order chi connectivity index (χ0) is 21.7. The third-order valence-electron chi connectivity index (χ3n) is 7.79. The van der Waals surface area contributed by atoms with Crippen LogP contribution in [0.15, 0.2) is 91.0 Å². The summed E-state index contributed by atoms with van der Waals surface area (Å²) in [4.78, 5) is 30.5. The molecule has 1 N–H and O–H groups in total. The highest BCUT2D eigenvalue weighted by atomic mass is 16.2. The summed E-state index contributed by atoms with van der Waals surface area (Å²) in [6.07, 6.45) is 2.13. The van der Waals surface area contributed by atoms with Crippen LogP contribution < -0.4 is 9.80 Å². The van der Waals surface area contributed by atoms with Crippen molar-refractivity contribution >= 4 is 17.5 Å². The molecule has 3 fully saturated rings. The number of amides is 2. The first-order valence-corrected chi connectivity index (χ1v) is 11.6. The van der Waals surface area contributed by atoms with Gasteiger partial charge >= 0.3 is 0 Å². The SMILES string of the molecule is O=C1[C@H]2[C@H](C(=O)N1c1ccccc1)[C@@H](C(c1ccccc1)c1ccccc1)[NH+]1CCC[C@H]21. The number of nitrogens with one attached hydrogen (secondary N) is 1. The number of anilines is 1. The molecular formula is C28H27N2O2+. The number of para-hydroxylation sites is 1. The van der Waals surface area contributed by atoms with Crippen molar-refractivity contribution in [1.29, 1.82) is 0 Å². The van der Waals surface area contributed by atoms with Crippen molar-refractivity contribution in [3.8, 4) is 0 Å². The van der Waals surface area contributed by atoms with Crippen molar-refractivity contribution in [3.63, 3.8) is 0 Å². The zero-order valence-corrected chi connectivity index (χ0v) is 17.9. The van der Waals surface area contributed by atoms with Crippen LogP contribution in [0.1, 0.15) is 29.9 Å². The number of rotatable bonds is 4. The fourth-order valence-electron chi connectivity index (χ4n) is 6.65. The molecule has 3 aliphatic heterocycles. The molecule has 4 heteroatoms. The van der Waals surface area contributed by atoms with E-state index in [1.54, 1.807) is 0 Å². The zero-order valence-electron chi connectivity index (χ0n) is 17.9. The first-order valence-electron chi connectivity index (χ1n) is 11.6. The lowest BCUT2D eigenvalue weighted by Gasteiger charge is -2.32. The molecule has 4 nitrogen and oxygen atoms in total. The van der Waals surface area contributed by atoms with Gasteiger partial charge in [-0.05, 0) is 23.3 Å². The number of nitrogens with zero attached hydrogens (tertiary/aromatic N) is 1. The van der Waals surface area contributed by atoms with E-state index in [-0.39, 0.29) is 41.7 Å². The van der Waals surface area contributed by atoms with Crippen LogP contribution in [0.5, 0.6) is 0 Å². The van der Waals surface area contributed by atoms with Gasteiger partial charge in [-0.3, -0.25) is 9.59 Å². The molecule has 0 bridgehead atoms. The molecule has 3 aliphatic rings. The van der Waals surface area contributed by atoms with Gasteiger partial charge in [0.05, 0.1) is 18.2 Å². The summed E-state index contributed by atoms with van der Waals surface area (Å²) in [5.74, 6) is -0.447. The highest BCUT2D eigenvalue weighted by Gasteiger charge is 2.67. The Hall–Kier alpha value is -3.24. The van der Waals surface area contributed by atoms with Crippen LogP contribution in [0.3, 0.4) is 0 Å². The van der Waals surface area contributed by atoms with Crippen LogP contribution in [-0.2, 0) is 9.59 Å². The predicted molar refractivity (Wildman–Crippen MR) is 123 cm³/mol. The van der Waals surface area contributed by atoms with Gasteiger partial charge in [0.25, 0.3) is 0 Å². The van der Waals surface area contributed by atoms with Crippen LogP contribution in [0.25, 0.3) is 0 Å². The lowest BCUT2D eigenvalue weighted by molar-refractivity contribution is -0.926. The standard InChI is InChI=1S/C28H26N2O2/c31-27-24-22-17-10-18-29(22)26(25(24)28(32)30(27)21-15-8-3-9-16-21)23(19-11-4-1-5-12-19)20-13-6-2-7-14-20/h1-9,11-16,22-26H,10,17-18H2/p+1/t22-,24-,25+,26-/m1/s1. The Labute approximate surface area is 188 Å². The van der Waals surface area contributed by atoms with E-state index in [1.807, 2.05) is 42.5 Å². The predicted octanol–water partition coefficient (Wildman–Crippen LogP) is 3.05. The topological polar surface area (TPSA) is 41.8 Å². The van der Waals surface area contributed by atoms with E-state index >= 15 is 0 Å². The van der Waals surface area contributed by atoms with Crippen LogP contribution in [0, 0.1) is 11.8 Å². The molecule has 3 heterocycles. The van der Waals surface area contributed by atoms with E-state index < -0.39 is 0 Å². The number of benzene rings is 3. The third-order valence-corrected chi connectivity index (χ3v) is 7.79. The second kappa shape index (κ2) is 7.72. The van der Waals surface area contributed by atoms with Gasteiger partial charge in [-0.1, -0.05) is 78.9 Å². The molecule has 6 rings (SSSR count). The number of imide groups is 1. The summed E-state index contributed by atoms with van der Waals surface area (Å²) in [6.45, 7) is 1.03. The van der Waals surface area contributed by atoms with Gasteiger partial charge in [-0.2, -0.15) is 0 Å². The third kappa shape index (κ3) is 2.86. The summed E-state index contributed by atoms with van der Waals surface area (Å²) in [6, 6.07) is 30.8. The lowest BCUT2D eigenvalue weighted by atomic mass is 9.77. The van der Waals surface area contributed by atoms with Gasteiger partial charge in [-0.15, -0.1) is 0 Å². The van der Waals surface area contributed by atoms with Crippen molar-refractivity contribution in [2.45, 2.75) is 30.8 Å². The molecule has 5 atom stereocenters. The lowest BCUT2D eigenvalue weighted by Crippen LogP contribution is -3.16. The summed E-state index contributed by atoms with van der Waals surface area (Å²) in [5.41, 5.74) is 3.15. The fourth-order valence-corrected chi connectivity index (χ4v) is 6.65. The largest absolute Gasteiger partial charge is 0.328 e. The highest BCUT2D eigenvalue weighted by molar-refractivity contribution is 6.22. The Balaban J connectivity index is 1.49. The van der Waals surface area contributed by atoms with E-state index in [1.165, 1.54) is 20.9 Å². The molecule has 0 radical (unpaired) electrons. The van der Waals surface area contributed by atoms with Crippen molar-refractivity contribution in [1.82, 2.24) is 0 Å². The van der Waals surface area contributed by atoms with Crippen LogP contribution in [-0.4, -0.2) is 30.4 Å². The van der Waals surface area contributed by atoms with E-state index in [9.17, 15) is 9.59 Å². The number of fused-ring (bicyclic) bond motifs is 3. The van der Waals surface area contributed by atoms with E-state index in [0.29, 0.717) is 5.69 Å². The first-order chi connectivity index (χ1) is 15.8. The summed E-state index contributed by atoms with van der Waals surface area (Å²) < 4.78 is 0. The molecule has 3 aromatic carbocycles. The Bertz CT molecular complexity index is 1090. The highest BCUT2D eigenvalue weighted by Crippen LogP contribution is 2.44. The maximum Gasteiger partial charge on any atom is 0.243 e. The number of quaternary nitrogens is 1. The molecule has 0 spiro atoms. The molecule has 3 aromatic rings. The van der Waals surface area contributed by atoms with Crippen molar-refractivity contribution < 1.29 is 14.5 Å². The molecule has 160 valence electrons. The van der Waals surface area contributed by atoms with Gasteiger partial charge < -0.3 is 4.90 Å². The number of carbonyl (C=O) groups is 2.